The van der Waals surface area contributed by atoms with Gasteiger partial charge in [0, 0.05) is 39.4 Å². The first-order valence-corrected chi connectivity index (χ1v) is 9.60. The molecule has 26 heavy (non-hydrogen) atoms. The Morgan fingerprint density at radius 2 is 1.88 bits per heavy atom. The lowest BCUT2D eigenvalue weighted by atomic mass is 10.2. The molecule has 134 valence electrons. The molecule has 6 nitrogen and oxygen atoms in total. The fourth-order valence-corrected chi connectivity index (χ4v) is 4.29. The van der Waals surface area contributed by atoms with Crippen LogP contribution in [0.1, 0.15) is 16.8 Å². The number of thiazole rings is 1. The molecule has 1 aliphatic rings. The van der Waals surface area contributed by atoms with E-state index in [1.165, 1.54) is 4.70 Å². The highest BCUT2D eigenvalue weighted by molar-refractivity contribution is 7.22. The van der Waals surface area contributed by atoms with Gasteiger partial charge in [-0.3, -0.25) is 4.79 Å². The Kier molecular flexibility index (Phi) is 4.71. The number of benzene rings is 1. The molecule has 3 heterocycles. The Bertz CT molecular complexity index is 892. The second-order valence-electron chi connectivity index (χ2n) is 6.25. The highest BCUT2D eigenvalue weighted by Gasteiger charge is 2.22. The summed E-state index contributed by atoms with van der Waals surface area (Å²) in [7, 11) is 1.65. The molecule has 1 amide bonds. The Balaban J connectivity index is 1.54. The van der Waals surface area contributed by atoms with Crippen molar-refractivity contribution in [3.05, 3.63) is 48.2 Å². The zero-order chi connectivity index (χ0) is 17.9. The van der Waals surface area contributed by atoms with Crippen molar-refractivity contribution in [2.75, 3.05) is 43.0 Å². The summed E-state index contributed by atoms with van der Waals surface area (Å²) in [5.41, 5.74) is 1.68. The van der Waals surface area contributed by atoms with Crippen LogP contribution in [-0.2, 0) is 0 Å². The molecule has 3 aromatic rings. The van der Waals surface area contributed by atoms with E-state index in [-0.39, 0.29) is 5.91 Å². The lowest BCUT2D eigenvalue weighted by molar-refractivity contribution is 0.0963. The number of carbonyl (C=O) groups excluding carboxylic acids is 1. The largest absolute Gasteiger partial charge is 0.355 e. The van der Waals surface area contributed by atoms with Crippen LogP contribution in [0.4, 0.5) is 10.9 Å². The van der Waals surface area contributed by atoms with E-state index in [4.69, 9.17) is 4.98 Å². The molecule has 1 saturated heterocycles. The summed E-state index contributed by atoms with van der Waals surface area (Å²) in [6.45, 7) is 3.52. The minimum atomic E-state index is -0.0969. The van der Waals surface area contributed by atoms with Gasteiger partial charge >= 0.3 is 0 Å². The van der Waals surface area contributed by atoms with Crippen LogP contribution in [0.2, 0.25) is 0 Å². The predicted molar refractivity (Wildman–Crippen MR) is 106 cm³/mol. The smallest absolute Gasteiger partial charge is 0.254 e. The van der Waals surface area contributed by atoms with Crippen molar-refractivity contribution in [2.24, 2.45) is 0 Å². The number of fused-ring (bicyclic) bond motifs is 1. The minimum absolute atomic E-state index is 0.0969. The van der Waals surface area contributed by atoms with Crippen molar-refractivity contribution >= 4 is 38.4 Å². The van der Waals surface area contributed by atoms with Crippen molar-refractivity contribution in [1.29, 1.82) is 0 Å². The molecule has 1 fully saturated rings. The molecule has 0 spiro atoms. The molecular formula is C19H21N5OS. The van der Waals surface area contributed by atoms with Gasteiger partial charge in [0.2, 0.25) is 0 Å². The van der Waals surface area contributed by atoms with E-state index in [0.29, 0.717) is 5.56 Å². The van der Waals surface area contributed by atoms with Crippen molar-refractivity contribution < 1.29 is 4.79 Å². The summed E-state index contributed by atoms with van der Waals surface area (Å²) in [5.74, 6) is 0.665. The second kappa shape index (κ2) is 7.29. The molecule has 1 aliphatic heterocycles. The normalized spacial score (nSPS) is 15.1. The SMILES string of the molecule is CNC(=O)c1cccnc1N1CCCN(c2nc3ccccc3s2)CC1. The second-order valence-corrected chi connectivity index (χ2v) is 7.25. The zero-order valence-corrected chi connectivity index (χ0v) is 15.5. The van der Waals surface area contributed by atoms with Crippen molar-refractivity contribution in [3.63, 3.8) is 0 Å². The topological polar surface area (TPSA) is 61.4 Å². The number of nitrogens with one attached hydrogen (secondary N) is 1. The number of amides is 1. The van der Waals surface area contributed by atoms with Crippen molar-refractivity contribution in [1.82, 2.24) is 15.3 Å². The van der Waals surface area contributed by atoms with Gasteiger partial charge in [0.1, 0.15) is 5.82 Å². The standard InChI is InChI=1S/C19H21N5OS/c1-20-18(25)14-6-4-9-21-17(14)23-10-5-11-24(13-12-23)19-22-15-7-2-3-8-16(15)26-19/h2-4,6-9H,5,10-13H2,1H3,(H,20,25). The summed E-state index contributed by atoms with van der Waals surface area (Å²) in [6.07, 6.45) is 2.75. The summed E-state index contributed by atoms with van der Waals surface area (Å²) >= 11 is 1.74. The van der Waals surface area contributed by atoms with Crippen LogP contribution in [0.5, 0.6) is 0 Å². The third kappa shape index (κ3) is 3.22. The van der Waals surface area contributed by atoms with Gasteiger partial charge in [-0.15, -0.1) is 0 Å². The van der Waals surface area contributed by atoms with E-state index in [2.05, 4.69) is 38.3 Å². The monoisotopic (exact) mass is 367 g/mol. The van der Waals surface area contributed by atoms with E-state index in [9.17, 15) is 4.79 Å². The summed E-state index contributed by atoms with van der Waals surface area (Å²) in [5, 5.41) is 3.77. The highest BCUT2D eigenvalue weighted by atomic mass is 32.1. The molecular weight excluding hydrogens is 346 g/mol. The Morgan fingerprint density at radius 1 is 1.08 bits per heavy atom. The molecule has 1 N–H and O–H groups in total. The molecule has 0 unspecified atom stereocenters. The molecule has 7 heteroatoms. The number of aromatic nitrogens is 2. The maximum absolute atomic E-state index is 12.2. The average molecular weight is 367 g/mol. The number of hydrogen-bond donors (Lipinski definition) is 1. The Morgan fingerprint density at radius 3 is 2.73 bits per heavy atom. The number of para-hydroxylation sites is 1. The van der Waals surface area contributed by atoms with Crippen LogP contribution in [0, 0.1) is 0 Å². The first-order chi connectivity index (χ1) is 12.8. The first-order valence-electron chi connectivity index (χ1n) is 8.79. The summed E-state index contributed by atoms with van der Waals surface area (Å²) < 4.78 is 1.22. The average Bonchev–Trinajstić information content (AvgIpc) is 2.97. The number of nitrogens with zero attached hydrogens (tertiary/aromatic N) is 4. The van der Waals surface area contributed by atoms with Gasteiger partial charge in [-0.25, -0.2) is 9.97 Å². The maximum Gasteiger partial charge on any atom is 0.254 e. The number of anilines is 2. The molecule has 0 bridgehead atoms. The van der Waals surface area contributed by atoms with E-state index in [0.717, 1.165) is 49.1 Å². The lowest BCUT2D eigenvalue weighted by Crippen LogP contribution is -2.33. The maximum atomic E-state index is 12.2. The van der Waals surface area contributed by atoms with Gasteiger partial charge in [0.15, 0.2) is 5.13 Å². The quantitative estimate of drug-likeness (QED) is 0.771. The van der Waals surface area contributed by atoms with Crippen LogP contribution in [0.15, 0.2) is 42.6 Å². The van der Waals surface area contributed by atoms with Crippen LogP contribution in [0.25, 0.3) is 10.2 Å². The molecule has 0 aliphatic carbocycles. The third-order valence-electron chi connectivity index (χ3n) is 4.61. The van der Waals surface area contributed by atoms with Gasteiger partial charge < -0.3 is 15.1 Å². The molecule has 0 saturated carbocycles. The van der Waals surface area contributed by atoms with Crippen LogP contribution in [0.3, 0.4) is 0 Å². The lowest BCUT2D eigenvalue weighted by Gasteiger charge is -2.24. The van der Waals surface area contributed by atoms with E-state index in [1.54, 1.807) is 30.6 Å². The Hall–Kier alpha value is -2.67. The van der Waals surface area contributed by atoms with Crippen LogP contribution < -0.4 is 15.1 Å². The molecule has 4 rings (SSSR count). The van der Waals surface area contributed by atoms with Gasteiger partial charge in [-0.05, 0) is 30.7 Å². The van der Waals surface area contributed by atoms with Gasteiger partial charge in [-0.1, -0.05) is 23.5 Å². The predicted octanol–water partition coefficient (Wildman–Crippen LogP) is 2.77. The van der Waals surface area contributed by atoms with Crippen molar-refractivity contribution in [3.8, 4) is 0 Å². The van der Waals surface area contributed by atoms with Gasteiger partial charge in [0.25, 0.3) is 5.91 Å². The Labute approximate surface area is 156 Å². The van der Waals surface area contributed by atoms with Crippen LogP contribution >= 0.6 is 11.3 Å². The van der Waals surface area contributed by atoms with E-state index in [1.807, 2.05) is 12.1 Å². The fraction of sp³-hybridized carbons (Fsp3) is 0.316. The minimum Gasteiger partial charge on any atom is -0.355 e. The van der Waals surface area contributed by atoms with Gasteiger partial charge in [0.05, 0.1) is 15.8 Å². The molecule has 0 atom stereocenters. The number of hydrogen-bond acceptors (Lipinski definition) is 6. The van der Waals surface area contributed by atoms with Crippen LogP contribution in [-0.4, -0.2) is 49.1 Å². The number of carbonyl (C=O) groups is 1. The number of pyridine rings is 1. The molecule has 0 radical (unpaired) electrons. The fourth-order valence-electron chi connectivity index (χ4n) is 3.28. The third-order valence-corrected chi connectivity index (χ3v) is 5.70. The van der Waals surface area contributed by atoms with E-state index < -0.39 is 0 Å². The first kappa shape index (κ1) is 16.8. The molecule has 1 aromatic carbocycles. The summed E-state index contributed by atoms with van der Waals surface area (Å²) in [6, 6.07) is 11.9. The van der Waals surface area contributed by atoms with E-state index >= 15 is 0 Å². The summed E-state index contributed by atoms with van der Waals surface area (Å²) in [4.78, 5) is 26.0. The van der Waals surface area contributed by atoms with Gasteiger partial charge in [-0.2, -0.15) is 0 Å². The van der Waals surface area contributed by atoms with Crippen molar-refractivity contribution in [2.45, 2.75) is 6.42 Å². The highest BCUT2D eigenvalue weighted by Crippen LogP contribution is 2.29. The zero-order valence-electron chi connectivity index (χ0n) is 14.7. The number of rotatable bonds is 3. The molecule has 2 aromatic heterocycles.